The van der Waals surface area contributed by atoms with Crippen molar-refractivity contribution in [3.8, 4) is 0 Å². The van der Waals surface area contributed by atoms with Crippen LogP contribution in [0.15, 0.2) is 30.3 Å². The van der Waals surface area contributed by atoms with Gasteiger partial charge in [-0.15, -0.1) is 0 Å². The van der Waals surface area contributed by atoms with Gasteiger partial charge < -0.3 is 9.84 Å². The van der Waals surface area contributed by atoms with Crippen molar-refractivity contribution in [3.63, 3.8) is 0 Å². The number of hydrogen-bond donors (Lipinski definition) is 2. The highest BCUT2D eigenvalue weighted by Crippen LogP contribution is 2.22. The smallest absolute Gasteiger partial charge is 0.409 e. The summed E-state index contributed by atoms with van der Waals surface area (Å²) in [7, 11) is 0. The molecular formula is C9H9NO3. The van der Waals surface area contributed by atoms with Gasteiger partial charge in [0.15, 0.2) is 0 Å². The number of alkyl carbamates (subject to hydrolysis) is 1. The number of ether oxygens (including phenoxy) is 1. The Morgan fingerprint density at radius 1 is 1.38 bits per heavy atom. The van der Waals surface area contributed by atoms with E-state index in [0.29, 0.717) is 5.56 Å². The molecule has 1 aliphatic rings. The summed E-state index contributed by atoms with van der Waals surface area (Å²) < 4.78 is 4.62. The molecule has 1 heterocycles. The van der Waals surface area contributed by atoms with Gasteiger partial charge in [0.25, 0.3) is 0 Å². The van der Waals surface area contributed by atoms with Gasteiger partial charge in [-0.3, -0.25) is 5.32 Å². The van der Waals surface area contributed by atoms with Crippen molar-refractivity contribution in [3.05, 3.63) is 35.9 Å². The van der Waals surface area contributed by atoms with Gasteiger partial charge in [0.05, 0.1) is 0 Å². The lowest BCUT2D eigenvalue weighted by atomic mass is 10.1. The van der Waals surface area contributed by atoms with Crippen LogP contribution < -0.4 is 5.32 Å². The molecule has 1 fully saturated rings. The standard InChI is InChI=1S/C9H9NO3/c11-8-10-9(12,6-13-8)7-4-2-1-3-5-7/h1-5,12H,6H2,(H,10,11)/t9-/m1/s1. The second kappa shape index (κ2) is 2.74. The molecule has 2 N–H and O–H groups in total. The highest BCUT2D eigenvalue weighted by Gasteiger charge is 2.38. The minimum absolute atomic E-state index is 0.0458. The van der Waals surface area contributed by atoms with E-state index in [9.17, 15) is 9.90 Å². The van der Waals surface area contributed by atoms with Crippen molar-refractivity contribution in [2.75, 3.05) is 6.61 Å². The molecule has 2 rings (SSSR count). The first-order valence-electron chi connectivity index (χ1n) is 3.93. The second-order valence-electron chi connectivity index (χ2n) is 2.93. The van der Waals surface area contributed by atoms with Crippen LogP contribution in [0.3, 0.4) is 0 Å². The van der Waals surface area contributed by atoms with Crippen molar-refractivity contribution in [2.45, 2.75) is 5.72 Å². The molecular weight excluding hydrogens is 170 g/mol. The fourth-order valence-electron chi connectivity index (χ4n) is 1.28. The van der Waals surface area contributed by atoms with Crippen LogP contribution >= 0.6 is 0 Å². The fourth-order valence-corrected chi connectivity index (χ4v) is 1.28. The SMILES string of the molecule is O=C1N[C@](O)(c2ccccc2)CO1. The highest BCUT2D eigenvalue weighted by molar-refractivity contribution is 5.70. The number of carbonyl (C=O) groups excluding carboxylic acids is 1. The van der Waals surface area contributed by atoms with E-state index < -0.39 is 11.8 Å². The van der Waals surface area contributed by atoms with E-state index in [1.54, 1.807) is 24.3 Å². The summed E-state index contributed by atoms with van der Waals surface area (Å²) in [5.41, 5.74) is -0.737. The van der Waals surface area contributed by atoms with E-state index in [2.05, 4.69) is 10.1 Å². The van der Waals surface area contributed by atoms with Gasteiger partial charge in [-0.2, -0.15) is 0 Å². The Bertz CT molecular complexity index is 325. The molecule has 0 aliphatic carbocycles. The molecule has 0 bridgehead atoms. The molecule has 1 aliphatic heterocycles. The predicted molar refractivity (Wildman–Crippen MR) is 44.8 cm³/mol. The van der Waals surface area contributed by atoms with Crippen LogP contribution in [0.25, 0.3) is 0 Å². The van der Waals surface area contributed by atoms with Crippen molar-refractivity contribution < 1.29 is 14.6 Å². The third-order valence-corrected chi connectivity index (χ3v) is 1.97. The third-order valence-electron chi connectivity index (χ3n) is 1.97. The zero-order valence-electron chi connectivity index (χ0n) is 6.86. The summed E-state index contributed by atoms with van der Waals surface area (Å²) in [4.78, 5) is 10.7. The van der Waals surface area contributed by atoms with Crippen LogP contribution in [0, 0.1) is 0 Å². The maximum Gasteiger partial charge on any atom is 0.409 e. The number of benzene rings is 1. The summed E-state index contributed by atoms with van der Waals surface area (Å²) in [6, 6.07) is 8.88. The van der Waals surface area contributed by atoms with Crippen LogP contribution in [0.5, 0.6) is 0 Å². The summed E-state index contributed by atoms with van der Waals surface area (Å²) in [5, 5.41) is 12.2. The second-order valence-corrected chi connectivity index (χ2v) is 2.93. The van der Waals surface area contributed by atoms with Crippen LogP contribution in [-0.4, -0.2) is 17.8 Å². The maximum absolute atomic E-state index is 10.7. The summed E-state index contributed by atoms with van der Waals surface area (Å²) in [6.45, 7) is -0.0458. The number of rotatable bonds is 1. The van der Waals surface area contributed by atoms with Crippen LogP contribution in [0.2, 0.25) is 0 Å². The number of amides is 1. The Labute approximate surface area is 75.1 Å². The molecule has 68 valence electrons. The number of cyclic esters (lactones) is 1. The molecule has 1 aromatic rings. The molecule has 0 aromatic heterocycles. The van der Waals surface area contributed by atoms with Crippen molar-refractivity contribution in [1.82, 2.24) is 5.32 Å². The number of hydrogen-bond acceptors (Lipinski definition) is 3. The van der Waals surface area contributed by atoms with Crippen LogP contribution in [0.4, 0.5) is 4.79 Å². The van der Waals surface area contributed by atoms with Crippen molar-refractivity contribution in [2.24, 2.45) is 0 Å². The molecule has 4 nitrogen and oxygen atoms in total. The van der Waals surface area contributed by atoms with Gasteiger partial charge >= 0.3 is 6.09 Å². The average molecular weight is 179 g/mol. The first-order chi connectivity index (χ1) is 6.21. The topological polar surface area (TPSA) is 58.6 Å². The van der Waals surface area contributed by atoms with E-state index >= 15 is 0 Å². The van der Waals surface area contributed by atoms with E-state index in [4.69, 9.17) is 0 Å². The molecule has 0 saturated carbocycles. The number of aliphatic hydroxyl groups is 1. The van der Waals surface area contributed by atoms with Gasteiger partial charge in [-0.25, -0.2) is 4.79 Å². The summed E-state index contributed by atoms with van der Waals surface area (Å²) >= 11 is 0. The predicted octanol–water partition coefficient (Wildman–Crippen LogP) is 0.572. The van der Waals surface area contributed by atoms with E-state index in [1.165, 1.54) is 0 Å². The Morgan fingerprint density at radius 3 is 2.62 bits per heavy atom. The maximum atomic E-state index is 10.7. The lowest BCUT2D eigenvalue weighted by Crippen LogP contribution is -2.40. The van der Waals surface area contributed by atoms with Crippen LogP contribution in [-0.2, 0) is 10.5 Å². The van der Waals surface area contributed by atoms with E-state index in [-0.39, 0.29) is 6.61 Å². The number of carbonyl (C=O) groups is 1. The van der Waals surface area contributed by atoms with Gasteiger partial charge in [0.2, 0.25) is 5.72 Å². The molecule has 4 heteroatoms. The molecule has 1 saturated heterocycles. The largest absolute Gasteiger partial charge is 0.444 e. The van der Waals surface area contributed by atoms with E-state index in [0.717, 1.165) is 0 Å². The van der Waals surface area contributed by atoms with Gasteiger partial charge in [0, 0.05) is 5.56 Å². The highest BCUT2D eigenvalue weighted by atomic mass is 16.6. The first-order valence-corrected chi connectivity index (χ1v) is 3.93. The van der Waals surface area contributed by atoms with Gasteiger partial charge in [0.1, 0.15) is 6.61 Å². The Balaban J connectivity index is 2.31. The van der Waals surface area contributed by atoms with Crippen LogP contribution in [0.1, 0.15) is 5.56 Å². The van der Waals surface area contributed by atoms with Crippen molar-refractivity contribution >= 4 is 6.09 Å². The molecule has 0 unspecified atom stereocenters. The normalized spacial score (nSPS) is 26.7. The van der Waals surface area contributed by atoms with E-state index in [1.807, 2.05) is 6.07 Å². The fraction of sp³-hybridized carbons (Fsp3) is 0.222. The zero-order chi connectivity index (χ0) is 9.31. The first kappa shape index (κ1) is 8.07. The summed E-state index contributed by atoms with van der Waals surface area (Å²) in [6.07, 6.45) is -0.591. The van der Waals surface area contributed by atoms with Gasteiger partial charge in [-0.1, -0.05) is 30.3 Å². The lowest BCUT2D eigenvalue weighted by Gasteiger charge is -2.19. The molecule has 1 amide bonds. The Morgan fingerprint density at radius 2 is 2.08 bits per heavy atom. The molecule has 1 atom stereocenters. The Kier molecular flexibility index (Phi) is 1.70. The quantitative estimate of drug-likeness (QED) is 0.662. The van der Waals surface area contributed by atoms with Crippen molar-refractivity contribution in [1.29, 1.82) is 0 Å². The minimum Gasteiger partial charge on any atom is -0.444 e. The Hall–Kier alpha value is -1.55. The molecule has 0 radical (unpaired) electrons. The minimum atomic E-state index is -1.36. The number of nitrogens with one attached hydrogen (secondary N) is 1. The summed E-state index contributed by atoms with van der Waals surface area (Å²) in [5.74, 6) is 0. The lowest BCUT2D eigenvalue weighted by molar-refractivity contribution is 0.00980. The zero-order valence-corrected chi connectivity index (χ0v) is 6.86. The molecule has 1 aromatic carbocycles. The third kappa shape index (κ3) is 1.36. The molecule has 0 spiro atoms. The monoisotopic (exact) mass is 179 g/mol. The van der Waals surface area contributed by atoms with Gasteiger partial charge in [-0.05, 0) is 0 Å². The molecule has 13 heavy (non-hydrogen) atoms. The average Bonchev–Trinajstić information content (AvgIpc) is 2.49.